The smallest absolute Gasteiger partial charge is 0.0748 e. The summed E-state index contributed by atoms with van der Waals surface area (Å²) in [5.41, 5.74) is 7.29. The fourth-order valence-electron chi connectivity index (χ4n) is 2.47. The standard InChI is InChI=1S/C13H18Cl2N2/c1-9-5-3-2-4-6-17(9)13-11(14)7-10(16)8-12(13)15/h7-9H,2-6,16H2,1H3. The molecule has 1 fully saturated rings. The Kier molecular flexibility index (Phi) is 4.05. The Hall–Kier alpha value is -0.600. The fraction of sp³-hybridized carbons (Fsp3) is 0.538. The molecule has 0 spiro atoms. The average molecular weight is 273 g/mol. The minimum absolute atomic E-state index is 0.483. The van der Waals surface area contributed by atoms with Crippen molar-refractivity contribution in [2.24, 2.45) is 0 Å². The highest BCUT2D eigenvalue weighted by Gasteiger charge is 2.21. The topological polar surface area (TPSA) is 29.3 Å². The normalized spacial score (nSPS) is 21.4. The molecule has 2 N–H and O–H groups in total. The van der Waals surface area contributed by atoms with Crippen LogP contribution in [0, 0.1) is 0 Å². The average Bonchev–Trinajstić information content (AvgIpc) is 2.43. The van der Waals surface area contributed by atoms with E-state index in [1.54, 1.807) is 12.1 Å². The van der Waals surface area contributed by atoms with E-state index in [0.717, 1.165) is 12.2 Å². The molecule has 0 aliphatic carbocycles. The quantitative estimate of drug-likeness (QED) is 0.771. The monoisotopic (exact) mass is 272 g/mol. The molecule has 1 saturated heterocycles. The molecular formula is C13H18Cl2N2. The van der Waals surface area contributed by atoms with Gasteiger partial charge in [-0.05, 0) is 31.9 Å². The zero-order chi connectivity index (χ0) is 12.4. The number of benzene rings is 1. The fourth-order valence-corrected chi connectivity index (χ4v) is 3.19. The van der Waals surface area contributed by atoms with Crippen LogP contribution in [0.1, 0.15) is 32.6 Å². The van der Waals surface area contributed by atoms with Crippen molar-refractivity contribution in [2.75, 3.05) is 17.2 Å². The maximum absolute atomic E-state index is 6.28. The molecular weight excluding hydrogens is 255 g/mol. The third-order valence-corrected chi connectivity index (χ3v) is 3.96. The number of nitrogens with zero attached hydrogens (tertiary/aromatic N) is 1. The van der Waals surface area contributed by atoms with Gasteiger partial charge < -0.3 is 10.6 Å². The third-order valence-electron chi connectivity index (χ3n) is 3.38. The van der Waals surface area contributed by atoms with Crippen molar-refractivity contribution in [3.8, 4) is 0 Å². The molecule has 1 aliphatic rings. The maximum atomic E-state index is 6.28. The predicted molar refractivity (Wildman–Crippen MR) is 76.2 cm³/mol. The zero-order valence-corrected chi connectivity index (χ0v) is 11.6. The van der Waals surface area contributed by atoms with Crippen LogP contribution in [0.5, 0.6) is 0 Å². The van der Waals surface area contributed by atoms with Crippen molar-refractivity contribution < 1.29 is 0 Å². The van der Waals surface area contributed by atoms with E-state index in [0.29, 0.717) is 21.8 Å². The second-order valence-electron chi connectivity index (χ2n) is 4.72. The molecule has 1 aromatic carbocycles. The van der Waals surface area contributed by atoms with Crippen molar-refractivity contribution in [2.45, 2.75) is 38.6 Å². The van der Waals surface area contributed by atoms with Gasteiger partial charge in [0, 0.05) is 18.3 Å². The van der Waals surface area contributed by atoms with Gasteiger partial charge >= 0.3 is 0 Å². The number of nitrogen functional groups attached to an aromatic ring is 1. The van der Waals surface area contributed by atoms with Gasteiger partial charge in [-0.15, -0.1) is 0 Å². The summed E-state index contributed by atoms with van der Waals surface area (Å²) in [6.45, 7) is 3.25. The van der Waals surface area contributed by atoms with Gasteiger partial charge in [-0.2, -0.15) is 0 Å². The largest absolute Gasteiger partial charge is 0.399 e. The van der Waals surface area contributed by atoms with Gasteiger partial charge in [0.25, 0.3) is 0 Å². The second-order valence-corrected chi connectivity index (χ2v) is 5.54. The number of anilines is 2. The Bertz CT molecular complexity index is 383. The molecule has 1 atom stereocenters. The maximum Gasteiger partial charge on any atom is 0.0748 e. The van der Waals surface area contributed by atoms with Crippen LogP contribution in [0.15, 0.2) is 12.1 Å². The first-order valence-corrected chi connectivity index (χ1v) is 6.86. The summed E-state index contributed by atoms with van der Waals surface area (Å²) in [5.74, 6) is 0. The lowest BCUT2D eigenvalue weighted by molar-refractivity contribution is 0.616. The molecule has 17 heavy (non-hydrogen) atoms. The first kappa shape index (κ1) is 12.8. The minimum Gasteiger partial charge on any atom is -0.399 e. The molecule has 1 aromatic rings. The summed E-state index contributed by atoms with van der Waals surface area (Å²) in [6, 6.07) is 4.04. The molecule has 1 aliphatic heterocycles. The van der Waals surface area contributed by atoms with Crippen molar-refractivity contribution >= 4 is 34.6 Å². The summed E-state index contributed by atoms with van der Waals surface area (Å²) in [4.78, 5) is 2.32. The number of nitrogens with two attached hydrogens (primary N) is 1. The number of halogens is 2. The van der Waals surface area contributed by atoms with Crippen LogP contribution in [-0.4, -0.2) is 12.6 Å². The van der Waals surface area contributed by atoms with Crippen molar-refractivity contribution in [3.05, 3.63) is 22.2 Å². The molecule has 0 aromatic heterocycles. The minimum atomic E-state index is 0.483. The van der Waals surface area contributed by atoms with Gasteiger partial charge in [-0.1, -0.05) is 36.0 Å². The summed E-state index contributed by atoms with van der Waals surface area (Å²) in [7, 11) is 0. The van der Waals surface area contributed by atoms with Gasteiger partial charge in [0.2, 0.25) is 0 Å². The van der Waals surface area contributed by atoms with Gasteiger partial charge in [-0.3, -0.25) is 0 Å². The summed E-state index contributed by atoms with van der Waals surface area (Å²) in [6.07, 6.45) is 4.95. The van der Waals surface area contributed by atoms with Crippen LogP contribution < -0.4 is 10.6 Å². The van der Waals surface area contributed by atoms with E-state index in [1.165, 1.54) is 25.7 Å². The summed E-state index contributed by atoms with van der Waals surface area (Å²) < 4.78 is 0. The van der Waals surface area contributed by atoms with Crippen molar-refractivity contribution in [1.29, 1.82) is 0 Å². The van der Waals surface area contributed by atoms with Gasteiger partial charge in [-0.25, -0.2) is 0 Å². The van der Waals surface area contributed by atoms with E-state index in [4.69, 9.17) is 28.9 Å². The Labute approximate surface area is 113 Å². The number of rotatable bonds is 1. The predicted octanol–water partition coefficient (Wildman–Crippen LogP) is 4.34. The first-order chi connectivity index (χ1) is 8.09. The highest BCUT2D eigenvalue weighted by Crippen LogP contribution is 2.38. The van der Waals surface area contributed by atoms with Gasteiger partial charge in [0.05, 0.1) is 15.7 Å². The Balaban J connectivity index is 2.37. The Morgan fingerprint density at radius 2 is 1.82 bits per heavy atom. The lowest BCUT2D eigenvalue weighted by Gasteiger charge is -2.31. The molecule has 0 bridgehead atoms. The molecule has 94 valence electrons. The molecule has 1 heterocycles. The Morgan fingerprint density at radius 1 is 1.18 bits per heavy atom. The molecule has 2 nitrogen and oxygen atoms in total. The molecule has 0 radical (unpaired) electrons. The number of hydrogen-bond donors (Lipinski definition) is 1. The van der Waals surface area contributed by atoms with E-state index < -0.39 is 0 Å². The van der Waals surface area contributed by atoms with Crippen LogP contribution >= 0.6 is 23.2 Å². The molecule has 2 rings (SSSR count). The van der Waals surface area contributed by atoms with E-state index in [2.05, 4.69) is 11.8 Å². The van der Waals surface area contributed by atoms with E-state index in [1.807, 2.05) is 0 Å². The van der Waals surface area contributed by atoms with Gasteiger partial charge in [0.15, 0.2) is 0 Å². The molecule has 0 amide bonds. The van der Waals surface area contributed by atoms with E-state index in [-0.39, 0.29) is 0 Å². The lowest BCUT2D eigenvalue weighted by atomic mass is 10.1. The SMILES string of the molecule is CC1CCCCCN1c1c(Cl)cc(N)cc1Cl. The van der Waals surface area contributed by atoms with Crippen LogP contribution in [0.3, 0.4) is 0 Å². The third kappa shape index (κ3) is 2.80. The lowest BCUT2D eigenvalue weighted by Crippen LogP contribution is -2.32. The molecule has 1 unspecified atom stereocenters. The first-order valence-electron chi connectivity index (χ1n) is 6.10. The summed E-state index contributed by atoms with van der Waals surface area (Å²) in [5, 5.41) is 1.31. The summed E-state index contributed by atoms with van der Waals surface area (Å²) >= 11 is 12.6. The van der Waals surface area contributed by atoms with Crippen LogP contribution in [0.2, 0.25) is 10.0 Å². The zero-order valence-electron chi connectivity index (χ0n) is 10.0. The van der Waals surface area contributed by atoms with Crippen LogP contribution in [0.4, 0.5) is 11.4 Å². The molecule has 4 heteroatoms. The van der Waals surface area contributed by atoms with Crippen LogP contribution in [-0.2, 0) is 0 Å². The van der Waals surface area contributed by atoms with Gasteiger partial charge in [0.1, 0.15) is 0 Å². The van der Waals surface area contributed by atoms with Crippen molar-refractivity contribution in [3.63, 3.8) is 0 Å². The van der Waals surface area contributed by atoms with E-state index in [9.17, 15) is 0 Å². The molecule has 0 saturated carbocycles. The highest BCUT2D eigenvalue weighted by molar-refractivity contribution is 6.39. The Morgan fingerprint density at radius 3 is 2.47 bits per heavy atom. The number of hydrogen-bond acceptors (Lipinski definition) is 2. The highest BCUT2D eigenvalue weighted by atomic mass is 35.5. The second kappa shape index (κ2) is 5.36. The van der Waals surface area contributed by atoms with Crippen molar-refractivity contribution in [1.82, 2.24) is 0 Å². The van der Waals surface area contributed by atoms with Crippen LogP contribution in [0.25, 0.3) is 0 Å². The van der Waals surface area contributed by atoms with E-state index >= 15 is 0 Å².